The van der Waals surface area contributed by atoms with Gasteiger partial charge in [0.05, 0.1) is 30.6 Å². The van der Waals surface area contributed by atoms with Crippen molar-refractivity contribution in [1.29, 1.82) is 0 Å². The van der Waals surface area contributed by atoms with Crippen LogP contribution in [0.5, 0.6) is 0 Å². The fourth-order valence-corrected chi connectivity index (χ4v) is 5.38. The average molecular weight is 399 g/mol. The van der Waals surface area contributed by atoms with Crippen LogP contribution in [0.3, 0.4) is 0 Å². The lowest BCUT2D eigenvalue weighted by Gasteiger charge is -2.33. The van der Waals surface area contributed by atoms with Gasteiger partial charge >= 0.3 is 0 Å². The smallest absolute Gasteiger partial charge is 0.254 e. The number of rotatable bonds is 2. The van der Waals surface area contributed by atoms with Crippen molar-refractivity contribution >= 4 is 22.7 Å². The summed E-state index contributed by atoms with van der Waals surface area (Å²) in [4.78, 5) is 34.5. The molecular formula is C24H21N3O3. The first-order chi connectivity index (χ1) is 14.7. The van der Waals surface area contributed by atoms with E-state index in [0.717, 1.165) is 16.5 Å². The molecule has 2 aromatic carbocycles. The second kappa shape index (κ2) is 6.37. The molecule has 30 heavy (non-hydrogen) atoms. The predicted octanol–water partition coefficient (Wildman–Crippen LogP) is 3.15. The first kappa shape index (κ1) is 17.6. The molecule has 0 N–H and O–H groups in total. The minimum absolute atomic E-state index is 0.0518. The molecule has 3 aliphatic rings. The number of ether oxygens (including phenoxy) is 1. The molecule has 0 aliphatic carbocycles. The van der Waals surface area contributed by atoms with Crippen molar-refractivity contribution in [1.82, 2.24) is 14.8 Å². The van der Waals surface area contributed by atoms with Gasteiger partial charge in [-0.15, -0.1) is 0 Å². The summed E-state index contributed by atoms with van der Waals surface area (Å²) in [7, 11) is 0. The van der Waals surface area contributed by atoms with Gasteiger partial charge in [0.1, 0.15) is 0 Å². The van der Waals surface area contributed by atoms with Crippen LogP contribution in [0.1, 0.15) is 34.8 Å². The summed E-state index contributed by atoms with van der Waals surface area (Å²) in [5.74, 6) is 0.00982. The van der Waals surface area contributed by atoms with Gasteiger partial charge < -0.3 is 14.5 Å². The Hall–Kier alpha value is -3.25. The van der Waals surface area contributed by atoms with E-state index < -0.39 is 5.72 Å². The Morgan fingerprint density at radius 3 is 2.83 bits per heavy atom. The number of carbonyl (C=O) groups excluding carboxylic acids is 2. The normalized spacial score (nSPS) is 27.5. The molecular weight excluding hydrogens is 378 g/mol. The van der Waals surface area contributed by atoms with E-state index in [9.17, 15) is 9.59 Å². The van der Waals surface area contributed by atoms with E-state index in [0.29, 0.717) is 31.6 Å². The SMILES string of the molecule is O=C(c1ccc2ncccc2c1)N1CC[C@@]23OC[C@@H](c4ccccc4)N2C(=O)C[C@@H]13. The molecule has 4 heterocycles. The van der Waals surface area contributed by atoms with Gasteiger partial charge in [-0.25, -0.2) is 0 Å². The summed E-state index contributed by atoms with van der Waals surface area (Å²) in [5.41, 5.74) is 1.86. The summed E-state index contributed by atoms with van der Waals surface area (Å²) in [6, 6.07) is 19.1. The topological polar surface area (TPSA) is 62.7 Å². The Bertz CT molecular complexity index is 1160. The Kier molecular flexibility index (Phi) is 3.74. The van der Waals surface area contributed by atoms with Gasteiger partial charge in [-0.3, -0.25) is 14.6 Å². The first-order valence-electron chi connectivity index (χ1n) is 10.3. The van der Waals surface area contributed by atoms with Gasteiger partial charge in [0.15, 0.2) is 5.72 Å². The van der Waals surface area contributed by atoms with Crippen LogP contribution in [-0.2, 0) is 9.53 Å². The molecule has 6 rings (SSSR count). The van der Waals surface area contributed by atoms with Crippen LogP contribution in [0.25, 0.3) is 10.9 Å². The molecule has 1 spiro atoms. The molecule has 6 heteroatoms. The van der Waals surface area contributed by atoms with Crippen molar-refractivity contribution in [2.45, 2.75) is 30.7 Å². The molecule has 3 fully saturated rings. The van der Waals surface area contributed by atoms with E-state index in [1.807, 2.05) is 70.5 Å². The van der Waals surface area contributed by atoms with E-state index in [2.05, 4.69) is 4.98 Å². The summed E-state index contributed by atoms with van der Waals surface area (Å²) in [6.07, 6.45) is 2.70. The van der Waals surface area contributed by atoms with Crippen molar-refractivity contribution < 1.29 is 14.3 Å². The van der Waals surface area contributed by atoms with Crippen molar-refractivity contribution in [3.05, 3.63) is 78.0 Å². The van der Waals surface area contributed by atoms with Crippen molar-refractivity contribution in [3.8, 4) is 0 Å². The molecule has 0 bridgehead atoms. The molecule has 3 aromatic rings. The zero-order chi connectivity index (χ0) is 20.3. The van der Waals surface area contributed by atoms with E-state index in [-0.39, 0.29) is 23.9 Å². The number of pyridine rings is 1. The van der Waals surface area contributed by atoms with Crippen molar-refractivity contribution in [2.75, 3.05) is 13.2 Å². The predicted molar refractivity (Wildman–Crippen MR) is 111 cm³/mol. The molecule has 0 saturated carbocycles. The zero-order valence-corrected chi connectivity index (χ0v) is 16.4. The molecule has 1 aromatic heterocycles. The fraction of sp³-hybridized carbons (Fsp3) is 0.292. The molecule has 6 nitrogen and oxygen atoms in total. The van der Waals surface area contributed by atoms with Gasteiger partial charge in [-0.1, -0.05) is 36.4 Å². The summed E-state index contributed by atoms with van der Waals surface area (Å²) >= 11 is 0. The lowest BCUT2D eigenvalue weighted by Crippen LogP contribution is -2.49. The highest BCUT2D eigenvalue weighted by molar-refractivity contribution is 5.99. The molecule has 3 atom stereocenters. The number of fused-ring (bicyclic) bond motifs is 1. The maximum Gasteiger partial charge on any atom is 0.254 e. The second-order valence-corrected chi connectivity index (χ2v) is 8.23. The van der Waals surface area contributed by atoms with E-state index in [1.54, 1.807) is 6.20 Å². The van der Waals surface area contributed by atoms with Crippen LogP contribution < -0.4 is 0 Å². The van der Waals surface area contributed by atoms with Gasteiger partial charge in [-0.2, -0.15) is 0 Å². The molecule has 150 valence electrons. The Balaban J connectivity index is 1.32. The first-order valence-corrected chi connectivity index (χ1v) is 10.3. The highest BCUT2D eigenvalue weighted by Gasteiger charge is 2.65. The minimum atomic E-state index is -0.703. The van der Waals surface area contributed by atoms with Crippen LogP contribution in [0, 0.1) is 0 Å². The van der Waals surface area contributed by atoms with Crippen LogP contribution in [0.15, 0.2) is 66.9 Å². The summed E-state index contributed by atoms with van der Waals surface area (Å²) < 4.78 is 6.31. The zero-order valence-electron chi connectivity index (χ0n) is 16.4. The van der Waals surface area contributed by atoms with Gasteiger partial charge in [0.2, 0.25) is 5.91 Å². The Labute approximate surface area is 174 Å². The fourth-order valence-electron chi connectivity index (χ4n) is 5.38. The number of amides is 2. The van der Waals surface area contributed by atoms with Gasteiger partial charge in [-0.05, 0) is 29.8 Å². The van der Waals surface area contributed by atoms with Crippen LogP contribution in [-0.4, -0.2) is 51.5 Å². The third-order valence-electron chi connectivity index (χ3n) is 6.75. The molecule has 3 aliphatic heterocycles. The van der Waals surface area contributed by atoms with Crippen LogP contribution in [0.2, 0.25) is 0 Å². The molecule has 0 radical (unpaired) electrons. The van der Waals surface area contributed by atoms with Crippen molar-refractivity contribution in [2.24, 2.45) is 0 Å². The van der Waals surface area contributed by atoms with Gasteiger partial charge in [0.25, 0.3) is 5.91 Å². The largest absolute Gasteiger partial charge is 0.351 e. The quantitative estimate of drug-likeness (QED) is 0.664. The molecule has 2 amide bonds. The lowest BCUT2D eigenvalue weighted by molar-refractivity contribution is -0.138. The number of likely N-dealkylation sites (tertiary alicyclic amines) is 1. The minimum Gasteiger partial charge on any atom is -0.351 e. The molecule has 0 unspecified atom stereocenters. The Morgan fingerprint density at radius 1 is 1.10 bits per heavy atom. The van der Waals surface area contributed by atoms with Crippen LogP contribution >= 0.6 is 0 Å². The number of hydrogen-bond acceptors (Lipinski definition) is 4. The summed E-state index contributed by atoms with van der Waals surface area (Å²) in [6.45, 7) is 1.05. The maximum absolute atomic E-state index is 13.4. The summed E-state index contributed by atoms with van der Waals surface area (Å²) in [5, 5.41) is 0.933. The number of hydrogen-bond donors (Lipinski definition) is 0. The second-order valence-electron chi connectivity index (χ2n) is 8.23. The highest BCUT2D eigenvalue weighted by Crippen LogP contribution is 2.51. The van der Waals surface area contributed by atoms with Crippen molar-refractivity contribution in [3.63, 3.8) is 0 Å². The average Bonchev–Trinajstić information content (AvgIpc) is 3.42. The van der Waals surface area contributed by atoms with E-state index >= 15 is 0 Å². The number of nitrogens with zero attached hydrogens (tertiary/aromatic N) is 3. The third-order valence-corrected chi connectivity index (χ3v) is 6.75. The van der Waals surface area contributed by atoms with E-state index in [1.165, 1.54) is 0 Å². The van der Waals surface area contributed by atoms with Crippen LogP contribution in [0.4, 0.5) is 0 Å². The lowest BCUT2D eigenvalue weighted by atomic mass is 10.0. The number of aromatic nitrogens is 1. The molecule has 3 saturated heterocycles. The van der Waals surface area contributed by atoms with Gasteiger partial charge in [0, 0.05) is 30.1 Å². The maximum atomic E-state index is 13.4. The number of carbonyl (C=O) groups is 2. The number of benzene rings is 2. The standard InChI is InChI=1S/C24H21N3O3/c28-22-14-21-24(27(22)20(15-30-24)16-5-2-1-3-6-16)10-12-26(21)23(29)18-8-9-19-17(13-18)7-4-11-25-19/h1-9,11,13,20-21H,10,12,14-15H2/t20-,21+,24-/m0/s1. The van der Waals surface area contributed by atoms with E-state index in [4.69, 9.17) is 4.74 Å². The Morgan fingerprint density at radius 2 is 1.97 bits per heavy atom. The monoisotopic (exact) mass is 399 g/mol. The highest BCUT2D eigenvalue weighted by atomic mass is 16.5. The third kappa shape index (κ3) is 2.37.